The smallest absolute Gasteiger partial charge is 0.323 e. The molecule has 4 aliphatic heterocycles. The second-order valence-electron chi connectivity index (χ2n) is 34.0. The molecule has 4 aliphatic rings. The number of hydrogen-bond acceptors (Lipinski definition) is 24. The van der Waals surface area contributed by atoms with E-state index in [0.29, 0.717) is 69.8 Å². The molecule has 20 N–H and O–H groups in total. The number of nitrogens with zero attached hydrogens (tertiary/aromatic N) is 7. The molecule has 5 aromatic rings. The number of likely N-dealkylation sites (N-methyl/N-ethyl adjacent to an activating group) is 3. The summed E-state index contributed by atoms with van der Waals surface area (Å²) in [6.45, 7) is 3.01. The molecule has 3 aromatic carbocycles. The summed E-state index contributed by atoms with van der Waals surface area (Å²) in [5.74, 6) is -19.5. The van der Waals surface area contributed by atoms with Gasteiger partial charge in [0.1, 0.15) is 96.9 Å². The number of aliphatic imine (C=N–C) groups is 1. The van der Waals surface area contributed by atoms with Crippen LogP contribution in [-0.2, 0) is 112 Å². The maximum absolute atomic E-state index is 15.8. The highest BCUT2D eigenvalue weighted by Crippen LogP contribution is 2.29. The van der Waals surface area contributed by atoms with Crippen molar-refractivity contribution in [3.05, 3.63) is 114 Å². The SMILES string of the molecule is CCCC[C@H]1C(=O)N(C)[C@@H](CCCC)C(=O)N[C@@H](C)C(=O)N[C@H](C(=O)NCC(N)=O)CSCC(=O)N[C@@H](Cc2ccc(O)cc2)C(=O)N(C)[C@@H](C)C(=O)N[C@@H](CC(=O)O)C(=O)N2CCC[C@H]2C(=O)N[C@@H](CC2=CN=CC2)C(=O)N[C@@H](CCCN)C(=O)N2C[C@H](O)C[C@H]2C(=O)N[C@@H](Cc2c[nH]c3ccccc23)C(=O)N[C@@H](CO)C(=O)N[C@@H](Cc2cn(CC(=O)O)c3ccccc23)C(=O)N1C. The van der Waals surface area contributed by atoms with Crippen LogP contribution in [0.5, 0.6) is 5.75 Å². The average molecular weight is 1880 g/mol. The van der Waals surface area contributed by atoms with Gasteiger partial charge >= 0.3 is 11.9 Å². The number of aromatic nitrogens is 2. The predicted octanol–water partition coefficient (Wildman–Crippen LogP) is -2.54. The van der Waals surface area contributed by atoms with Crippen LogP contribution in [0.15, 0.2) is 102 Å². The summed E-state index contributed by atoms with van der Waals surface area (Å²) < 4.78 is 1.41. The molecule has 0 aliphatic carbocycles. The first-order valence-corrected chi connectivity index (χ1v) is 45.8. The zero-order valence-corrected chi connectivity index (χ0v) is 76.7. The van der Waals surface area contributed by atoms with Gasteiger partial charge in [-0.3, -0.25) is 91.3 Å². The highest BCUT2D eigenvalue weighted by Gasteiger charge is 2.47. The van der Waals surface area contributed by atoms with E-state index >= 15 is 33.6 Å². The number of phenols is 1. The number of phenolic OH excluding ortho intramolecular Hbond substituents is 1. The molecule has 15 atom stereocenters. The minimum atomic E-state index is -1.96. The van der Waals surface area contributed by atoms with Crippen molar-refractivity contribution in [2.24, 2.45) is 16.5 Å². The van der Waals surface area contributed by atoms with Crippen molar-refractivity contribution < 1.29 is 112 Å². The van der Waals surface area contributed by atoms with Crippen LogP contribution in [0.1, 0.15) is 134 Å². The molecule has 9 rings (SSSR count). The summed E-state index contributed by atoms with van der Waals surface area (Å²) >= 11 is 0.756. The highest BCUT2D eigenvalue weighted by molar-refractivity contribution is 8.00. The first-order valence-electron chi connectivity index (χ1n) is 44.6. The van der Waals surface area contributed by atoms with Gasteiger partial charge in [0.15, 0.2) is 0 Å². The van der Waals surface area contributed by atoms with Crippen molar-refractivity contribution in [3.63, 3.8) is 0 Å². The summed E-state index contributed by atoms with van der Waals surface area (Å²) in [7, 11) is 3.79. The van der Waals surface area contributed by atoms with Gasteiger partial charge < -0.3 is 124 Å². The van der Waals surface area contributed by atoms with Crippen LogP contribution in [0.25, 0.3) is 21.8 Å². The van der Waals surface area contributed by atoms with Crippen molar-refractivity contribution in [2.75, 3.05) is 65.4 Å². The summed E-state index contributed by atoms with van der Waals surface area (Å²) in [5.41, 5.74) is 14.1. The third kappa shape index (κ3) is 28.1. The number of carbonyl (C=O) groups excluding carboxylic acids is 16. The van der Waals surface area contributed by atoms with Gasteiger partial charge in [0.05, 0.1) is 31.4 Å². The maximum atomic E-state index is 15.8. The van der Waals surface area contributed by atoms with Gasteiger partial charge in [-0.1, -0.05) is 88.1 Å². The fourth-order valence-corrected chi connectivity index (χ4v) is 17.5. The lowest BCUT2D eigenvalue weighted by atomic mass is 10.00. The Balaban J connectivity index is 1.09. The van der Waals surface area contributed by atoms with Gasteiger partial charge in [-0.25, -0.2) is 0 Å². The number of carbonyl (C=O) groups is 18. The number of aliphatic hydroxyl groups excluding tert-OH is 2. The van der Waals surface area contributed by atoms with E-state index in [1.165, 1.54) is 82.4 Å². The normalized spacial score (nSPS) is 25.3. The minimum absolute atomic E-state index is 0.0194. The first-order chi connectivity index (χ1) is 63.8. The van der Waals surface area contributed by atoms with Crippen LogP contribution in [0.3, 0.4) is 0 Å². The van der Waals surface area contributed by atoms with Crippen LogP contribution in [-0.4, -0.2) is 328 Å². The summed E-state index contributed by atoms with van der Waals surface area (Å²) in [4.78, 5) is 273. The number of thioether (sulfide) groups is 1. The first kappa shape index (κ1) is 104. The Morgan fingerprint density at radius 3 is 1.81 bits per heavy atom. The van der Waals surface area contributed by atoms with Gasteiger partial charge in [-0.05, 0) is 112 Å². The number of carboxylic acid groups (broad SMARTS) is 2. The van der Waals surface area contributed by atoms with E-state index < -0.39 is 254 Å². The summed E-state index contributed by atoms with van der Waals surface area (Å²) in [6, 6.07) is -3.38. The Labute approximate surface area is 777 Å². The topological polar surface area (TPSA) is 630 Å². The molecule has 3 saturated heterocycles. The fourth-order valence-electron chi connectivity index (χ4n) is 16.6. The van der Waals surface area contributed by atoms with Crippen molar-refractivity contribution in [2.45, 2.75) is 234 Å². The lowest BCUT2D eigenvalue weighted by molar-refractivity contribution is -0.149. The Hall–Kier alpha value is -13.4. The van der Waals surface area contributed by atoms with Crippen LogP contribution >= 0.6 is 11.8 Å². The number of aliphatic hydroxyl groups is 2. The molecule has 43 nitrogen and oxygen atoms in total. The number of amides is 16. The largest absolute Gasteiger partial charge is 0.508 e. The number of aromatic amines is 1. The van der Waals surface area contributed by atoms with Crippen molar-refractivity contribution in [3.8, 4) is 5.75 Å². The van der Waals surface area contributed by atoms with Gasteiger partial charge in [-0.15, -0.1) is 11.8 Å². The number of benzene rings is 3. The van der Waals surface area contributed by atoms with Crippen LogP contribution < -0.4 is 64.6 Å². The van der Waals surface area contributed by atoms with E-state index in [4.69, 9.17) is 11.5 Å². The number of aromatic hydroxyl groups is 1. The minimum Gasteiger partial charge on any atom is -0.508 e. The quantitative estimate of drug-likeness (QED) is 0.0286. The number of carboxylic acids is 2. The average Bonchev–Trinajstić information content (AvgIpc) is 1.62. The third-order valence-electron chi connectivity index (χ3n) is 24.1. The van der Waals surface area contributed by atoms with Gasteiger partial charge in [0.2, 0.25) is 94.5 Å². The molecule has 0 spiro atoms. The number of H-pyrrole nitrogens is 1. The van der Waals surface area contributed by atoms with E-state index in [1.807, 2.05) is 13.8 Å². The van der Waals surface area contributed by atoms with Crippen molar-refractivity contribution in [1.82, 2.24) is 87.2 Å². The number of nitrogens with one attached hydrogen (secondary N) is 11. The van der Waals surface area contributed by atoms with Crippen molar-refractivity contribution >= 4 is 146 Å². The second-order valence-corrected chi connectivity index (χ2v) is 35.0. The summed E-state index contributed by atoms with van der Waals surface area (Å²) in [6.07, 6.45) is 3.54. The second kappa shape index (κ2) is 49.4. The number of rotatable bonds is 25. The van der Waals surface area contributed by atoms with Crippen LogP contribution in [0.2, 0.25) is 0 Å². The summed E-state index contributed by atoms with van der Waals surface area (Å²) in [5, 5.41) is 80.1. The van der Waals surface area contributed by atoms with Gasteiger partial charge in [0.25, 0.3) is 0 Å². The lowest BCUT2D eigenvalue weighted by Gasteiger charge is -2.36. The molecule has 2 aromatic heterocycles. The van der Waals surface area contributed by atoms with E-state index in [1.54, 1.807) is 54.7 Å². The molecular weight excluding hydrogens is 1760 g/mol. The van der Waals surface area contributed by atoms with E-state index in [9.17, 15) is 78.3 Å². The molecule has 44 heteroatoms. The number of fused-ring (bicyclic) bond motifs is 4. The van der Waals surface area contributed by atoms with Crippen molar-refractivity contribution in [1.29, 1.82) is 0 Å². The van der Waals surface area contributed by atoms with Gasteiger partial charge in [-0.2, -0.15) is 0 Å². The lowest BCUT2D eigenvalue weighted by Crippen LogP contribution is -2.61. The molecule has 0 unspecified atom stereocenters. The molecule has 134 heavy (non-hydrogen) atoms. The monoisotopic (exact) mass is 1880 g/mol. The van der Waals surface area contributed by atoms with E-state index in [-0.39, 0.29) is 83.0 Å². The zero-order valence-electron chi connectivity index (χ0n) is 75.9. The van der Waals surface area contributed by atoms with Crippen LogP contribution in [0, 0.1) is 0 Å². The molecule has 726 valence electrons. The highest BCUT2D eigenvalue weighted by atomic mass is 32.2. The predicted molar refractivity (Wildman–Crippen MR) is 488 cm³/mol. The molecule has 0 bridgehead atoms. The Morgan fingerprint density at radius 2 is 1.16 bits per heavy atom. The van der Waals surface area contributed by atoms with Crippen LogP contribution in [0.4, 0.5) is 0 Å². The zero-order chi connectivity index (χ0) is 97.9. The Kier molecular flexibility index (Phi) is 38.5. The number of para-hydroxylation sites is 2. The number of hydrogen-bond donors (Lipinski definition) is 18. The molecule has 6 heterocycles. The van der Waals surface area contributed by atoms with Gasteiger partial charge in [0, 0.05) is 119 Å². The van der Waals surface area contributed by atoms with E-state index in [2.05, 4.69) is 63.1 Å². The Bertz CT molecular complexity index is 5200. The molecule has 3 fully saturated rings. The standard InChI is InChI=1S/C90H122N20O23S/c1-8-10-22-69-83(126)96-49(3)77(120)104-67(79(122)95-42-73(92)114)47-134-48-74(115)97-63(34-51-26-28-55(112)29-27-51)86(129)105(5)50(4)78(121)101-65(39-75(116)117)89(132)109-33-17-25-70(109)84(127)99-61(35-52-30-32-93-40-52)80(123)98-60(21-16-31-91)88(131)110-44-56(113)38-72(110)85(128)100-62(36-53-41-94-59-20-14-12-18-57(53)59)81(124)103-66(46-111)82(125)102-64(87(130)107(7)71(23-11-9-2)90(133)106(69)6)37-54-43-108(45-76(118)119)68-24-15-13-19-58(54)68/h12-15,18-20,24,26-29,32,40-41,43,49-50,56,60-67,69-72,94,111-113H,8-11,16-17,21-23,25,30-31,33-39,42,44-48,91H2,1-7H3,(H2,92,114)(H,95,122)(H,96,126)(H,97,115)(H,98,123)(H,99,127)(H,100,128)(H,101,121)(H,102,125)(H,103,124)(H,104,120)(H,116,117)(H,118,119)/t49-,50-,56+,60-,61-,62-,63-,64-,65-,66-,67-,69-,70-,71-,72-/m0/s1. The molecule has 16 amide bonds. The number of nitrogens with two attached hydrogens (primary N) is 2. The van der Waals surface area contributed by atoms with E-state index in [0.717, 1.165) is 36.3 Å². The number of primary amides is 1. The molecule has 0 saturated carbocycles. The maximum Gasteiger partial charge on any atom is 0.323 e. The fraction of sp³-hybridized carbons (Fsp3) is 0.522. The number of aliphatic carboxylic acids is 2. The molecular formula is C90H122N20O23S. The number of unbranched alkanes of at least 4 members (excludes halogenated alkanes) is 2. The Morgan fingerprint density at radius 1 is 0.575 bits per heavy atom. The third-order valence-corrected chi connectivity index (χ3v) is 25.2. The molecule has 0 radical (unpaired) electrons.